The Hall–Kier alpha value is -0.810. The van der Waals surface area contributed by atoms with Crippen LogP contribution in [-0.4, -0.2) is 48.8 Å². The Morgan fingerprint density at radius 3 is 2.78 bits per heavy atom. The summed E-state index contributed by atoms with van der Waals surface area (Å²) >= 11 is 0. The second-order valence-corrected chi connectivity index (χ2v) is 6.61. The third kappa shape index (κ3) is 2.78. The van der Waals surface area contributed by atoms with E-state index in [1.807, 2.05) is 25.7 Å². The van der Waals surface area contributed by atoms with E-state index in [1.165, 1.54) is 0 Å². The Morgan fingerprint density at radius 1 is 1.50 bits per heavy atom. The van der Waals surface area contributed by atoms with Crippen LogP contribution in [0, 0.1) is 5.41 Å². The number of ether oxygens (including phenoxy) is 1. The van der Waals surface area contributed by atoms with Gasteiger partial charge in [-0.15, -0.1) is 0 Å². The lowest BCUT2D eigenvalue weighted by Gasteiger charge is -2.42. The van der Waals surface area contributed by atoms with E-state index in [-0.39, 0.29) is 17.6 Å². The van der Waals surface area contributed by atoms with Gasteiger partial charge in [0, 0.05) is 37.6 Å². The topological polar surface area (TPSA) is 67.6 Å². The smallest absolute Gasteiger partial charge is 0.410 e. The van der Waals surface area contributed by atoms with Crippen LogP contribution in [0.5, 0.6) is 0 Å². The van der Waals surface area contributed by atoms with Crippen molar-refractivity contribution in [1.82, 2.24) is 10.2 Å². The van der Waals surface area contributed by atoms with Gasteiger partial charge in [0.2, 0.25) is 0 Å². The van der Waals surface area contributed by atoms with Crippen LogP contribution in [0.25, 0.3) is 0 Å². The van der Waals surface area contributed by atoms with Gasteiger partial charge in [-0.2, -0.15) is 0 Å². The third-order valence-corrected chi connectivity index (χ3v) is 3.89. The molecule has 0 aliphatic carbocycles. The fraction of sp³-hybridized carbons (Fsp3) is 0.923. The molecule has 0 saturated carbocycles. The minimum atomic E-state index is -0.433. The molecule has 0 aromatic heterocycles. The summed E-state index contributed by atoms with van der Waals surface area (Å²) in [6, 6.07) is 0.141. The molecule has 1 amide bonds. The van der Waals surface area contributed by atoms with Crippen LogP contribution < -0.4 is 11.1 Å². The summed E-state index contributed by atoms with van der Waals surface area (Å²) in [5.41, 5.74) is 5.81. The average molecular weight is 255 g/mol. The molecular formula is C13H25N3O2. The second kappa shape index (κ2) is 4.70. The van der Waals surface area contributed by atoms with Gasteiger partial charge in [0.05, 0.1) is 0 Å². The number of nitrogens with one attached hydrogen (secondary N) is 1. The van der Waals surface area contributed by atoms with Gasteiger partial charge in [0.15, 0.2) is 0 Å². The predicted octanol–water partition coefficient (Wildman–Crippen LogP) is 0.934. The summed E-state index contributed by atoms with van der Waals surface area (Å²) in [5.74, 6) is 0. The molecular weight excluding hydrogens is 230 g/mol. The number of nitrogens with two attached hydrogens (primary N) is 1. The first-order valence-corrected chi connectivity index (χ1v) is 6.77. The van der Waals surface area contributed by atoms with Gasteiger partial charge >= 0.3 is 6.09 Å². The Bertz CT molecular complexity index is 327. The van der Waals surface area contributed by atoms with Crippen molar-refractivity contribution in [1.29, 1.82) is 0 Å². The van der Waals surface area contributed by atoms with Crippen LogP contribution >= 0.6 is 0 Å². The molecule has 0 aromatic rings. The van der Waals surface area contributed by atoms with Gasteiger partial charge < -0.3 is 20.7 Å². The van der Waals surface area contributed by atoms with Gasteiger partial charge in [-0.1, -0.05) is 0 Å². The number of carbonyl (C=O) groups is 1. The quantitative estimate of drug-likeness (QED) is 0.676. The average Bonchev–Trinajstić information content (AvgIpc) is 2.58. The summed E-state index contributed by atoms with van der Waals surface area (Å²) < 4.78 is 5.44. The largest absolute Gasteiger partial charge is 0.444 e. The van der Waals surface area contributed by atoms with Gasteiger partial charge in [0.25, 0.3) is 0 Å². The highest BCUT2D eigenvalue weighted by atomic mass is 16.6. The first-order valence-electron chi connectivity index (χ1n) is 6.77. The monoisotopic (exact) mass is 255 g/mol. The zero-order chi connectivity index (χ0) is 13.4. The predicted molar refractivity (Wildman–Crippen MR) is 70.3 cm³/mol. The summed E-state index contributed by atoms with van der Waals surface area (Å²) in [7, 11) is 0. The molecule has 0 aromatic carbocycles. The summed E-state index contributed by atoms with van der Waals surface area (Å²) in [6.07, 6.45) is 1.90. The molecule has 2 fully saturated rings. The SMILES string of the molecule is CC(C)(C)OC(=O)N1CCCC2(CNC[C@H]2N)C1. The van der Waals surface area contributed by atoms with Crippen LogP contribution in [0.2, 0.25) is 0 Å². The van der Waals surface area contributed by atoms with Crippen LogP contribution in [0.4, 0.5) is 4.79 Å². The Kier molecular flexibility index (Phi) is 3.56. The van der Waals surface area contributed by atoms with Crippen LogP contribution in [0.3, 0.4) is 0 Å². The number of nitrogens with zero attached hydrogens (tertiary/aromatic N) is 1. The van der Waals surface area contributed by atoms with Crippen molar-refractivity contribution in [3.63, 3.8) is 0 Å². The molecule has 0 radical (unpaired) electrons. The lowest BCUT2D eigenvalue weighted by molar-refractivity contribution is 0.00494. The van der Waals surface area contributed by atoms with Gasteiger partial charge in [-0.3, -0.25) is 0 Å². The Balaban J connectivity index is 2.01. The highest BCUT2D eigenvalue weighted by molar-refractivity contribution is 5.68. The van der Waals surface area contributed by atoms with E-state index in [4.69, 9.17) is 10.5 Å². The molecule has 18 heavy (non-hydrogen) atoms. The molecule has 2 saturated heterocycles. The van der Waals surface area contributed by atoms with Crippen molar-refractivity contribution in [2.75, 3.05) is 26.2 Å². The Labute approximate surface area is 109 Å². The summed E-state index contributed by atoms with van der Waals surface area (Å²) in [4.78, 5) is 13.9. The lowest BCUT2D eigenvalue weighted by Crippen LogP contribution is -2.54. The van der Waals surface area contributed by atoms with Gasteiger partial charge in [0.1, 0.15) is 5.60 Å². The molecule has 0 bridgehead atoms. The highest BCUT2D eigenvalue weighted by Gasteiger charge is 2.45. The molecule has 1 unspecified atom stereocenters. The molecule has 2 aliphatic heterocycles. The molecule has 5 nitrogen and oxygen atoms in total. The maximum Gasteiger partial charge on any atom is 0.410 e. The molecule has 104 valence electrons. The van der Waals surface area contributed by atoms with E-state index in [2.05, 4.69) is 5.32 Å². The molecule has 5 heteroatoms. The van der Waals surface area contributed by atoms with E-state index < -0.39 is 5.60 Å². The maximum absolute atomic E-state index is 12.1. The number of amides is 1. The van der Waals surface area contributed by atoms with Crippen LogP contribution in [0.15, 0.2) is 0 Å². The van der Waals surface area contributed by atoms with Crippen molar-refractivity contribution < 1.29 is 9.53 Å². The maximum atomic E-state index is 12.1. The molecule has 2 rings (SSSR count). The number of likely N-dealkylation sites (tertiary alicyclic amines) is 1. The van der Waals surface area contributed by atoms with Crippen LogP contribution in [-0.2, 0) is 4.74 Å². The zero-order valence-electron chi connectivity index (χ0n) is 11.7. The number of rotatable bonds is 0. The second-order valence-electron chi connectivity index (χ2n) is 6.61. The number of piperidine rings is 1. The van der Waals surface area contributed by atoms with E-state index >= 15 is 0 Å². The van der Waals surface area contributed by atoms with Crippen molar-refractivity contribution in [2.24, 2.45) is 11.1 Å². The number of hydrogen-bond donors (Lipinski definition) is 2. The minimum Gasteiger partial charge on any atom is -0.444 e. The summed E-state index contributed by atoms with van der Waals surface area (Å²) in [6.45, 7) is 8.95. The lowest BCUT2D eigenvalue weighted by atomic mass is 9.76. The molecule has 3 N–H and O–H groups in total. The number of hydrogen-bond acceptors (Lipinski definition) is 4. The van der Waals surface area contributed by atoms with Gasteiger partial charge in [-0.25, -0.2) is 4.79 Å². The first kappa shape index (κ1) is 13.6. The third-order valence-electron chi connectivity index (χ3n) is 3.89. The van der Waals surface area contributed by atoms with E-state index in [1.54, 1.807) is 0 Å². The van der Waals surface area contributed by atoms with Crippen molar-refractivity contribution in [2.45, 2.75) is 45.3 Å². The first-order chi connectivity index (χ1) is 8.32. The van der Waals surface area contributed by atoms with Crippen LogP contribution in [0.1, 0.15) is 33.6 Å². The van der Waals surface area contributed by atoms with E-state index in [9.17, 15) is 4.79 Å². The molecule has 2 aliphatic rings. The molecule has 1 spiro atoms. The summed E-state index contributed by atoms with van der Waals surface area (Å²) in [5, 5.41) is 3.34. The van der Waals surface area contributed by atoms with Gasteiger partial charge in [-0.05, 0) is 33.6 Å². The normalized spacial score (nSPS) is 32.9. The highest BCUT2D eigenvalue weighted by Crippen LogP contribution is 2.35. The Morgan fingerprint density at radius 2 is 2.22 bits per heavy atom. The number of carbonyl (C=O) groups excluding carboxylic acids is 1. The fourth-order valence-electron chi connectivity index (χ4n) is 2.91. The van der Waals surface area contributed by atoms with Crippen molar-refractivity contribution in [3.8, 4) is 0 Å². The fourth-order valence-corrected chi connectivity index (χ4v) is 2.91. The standard InChI is InChI=1S/C13H25N3O2/c1-12(2,3)18-11(17)16-6-4-5-13(9-16)8-15-7-10(13)14/h10,15H,4-9,14H2,1-3H3/t10-,13?/m1/s1. The minimum absolute atomic E-state index is 0.0507. The van der Waals surface area contributed by atoms with Crippen molar-refractivity contribution >= 4 is 6.09 Å². The molecule has 2 heterocycles. The zero-order valence-corrected chi connectivity index (χ0v) is 11.7. The van der Waals surface area contributed by atoms with E-state index in [0.29, 0.717) is 0 Å². The van der Waals surface area contributed by atoms with Crippen molar-refractivity contribution in [3.05, 3.63) is 0 Å². The van der Waals surface area contributed by atoms with E-state index in [0.717, 1.165) is 39.0 Å². The molecule has 2 atom stereocenters.